The Bertz CT molecular complexity index is 461. The molecule has 0 spiro atoms. The van der Waals surface area contributed by atoms with Gasteiger partial charge in [-0.2, -0.15) is 0 Å². The van der Waals surface area contributed by atoms with Crippen molar-refractivity contribution in [2.45, 2.75) is 79.0 Å². The maximum absolute atomic E-state index is 12.0. The van der Waals surface area contributed by atoms with Gasteiger partial charge < -0.3 is 14.8 Å². The molecule has 1 amide bonds. The molecule has 1 N–H and O–H groups in total. The van der Waals surface area contributed by atoms with Gasteiger partial charge in [-0.05, 0) is 46.5 Å². The molecular formula is C18H32N2O3. The predicted molar refractivity (Wildman–Crippen MR) is 93.8 cm³/mol. The summed E-state index contributed by atoms with van der Waals surface area (Å²) in [6.45, 7) is 14.4. The molecule has 5 heteroatoms. The molecule has 132 valence electrons. The first-order valence-corrected chi connectivity index (χ1v) is 8.48. The Hall–Kier alpha value is -1.52. The van der Waals surface area contributed by atoms with E-state index in [2.05, 4.69) is 30.2 Å². The number of nitrogens with zero attached hydrogens (tertiary/aromatic N) is 1. The minimum Gasteiger partial charge on any atom is -0.477 e. The molecular weight excluding hydrogens is 292 g/mol. The van der Waals surface area contributed by atoms with Crippen LogP contribution in [0.3, 0.4) is 0 Å². The molecule has 1 heterocycles. The fourth-order valence-electron chi connectivity index (χ4n) is 2.46. The highest BCUT2D eigenvalue weighted by molar-refractivity contribution is 5.87. The number of allylic oxidation sites excluding steroid dienone is 1. The molecule has 0 bridgehead atoms. The monoisotopic (exact) mass is 324 g/mol. The Morgan fingerprint density at radius 2 is 2.13 bits per heavy atom. The van der Waals surface area contributed by atoms with Gasteiger partial charge in [-0.15, -0.1) is 0 Å². The second-order valence-electron chi connectivity index (χ2n) is 7.46. The Morgan fingerprint density at radius 3 is 2.65 bits per heavy atom. The number of hydrogen-bond donors (Lipinski definition) is 1. The van der Waals surface area contributed by atoms with Gasteiger partial charge in [0.1, 0.15) is 18.2 Å². The van der Waals surface area contributed by atoms with E-state index in [0.29, 0.717) is 12.5 Å². The standard InChI is InChI=1S/C18H32N2O3/c1-8-9-13(4)10-14-11-22-16(19-14)15(12(2)3)20-17(21)23-18(5,6)7/h9,12,14-15H,8,10-11H2,1-7H3,(H,20,21)/b13-9+/t14-,15?/m0/s1. The molecule has 2 atom stereocenters. The van der Waals surface area contributed by atoms with Crippen molar-refractivity contribution < 1.29 is 14.3 Å². The van der Waals surface area contributed by atoms with E-state index in [9.17, 15) is 4.79 Å². The SMILES string of the molecule is CC/C=C(\C)C[C@H]1COC(C(NC(=O)OC(C)(C)C)C(C)C)=N1. The molecule has 1 aliphatic rings. The Kier molecular flexibility index (Phi) is 7.10. The van der Waals surface area contributed by atoms with Crippen LogP contribution in [0.5, 0.6) is 0 Å². The summed E-state index contributed by atoms with van der Waals surface area (Å²) >= 11 is 0. The molecule has 0 aromatic heterocycles. The van der Waals surface area contributed by atoms with Crippen molar-refractivity contribution in [3.8, 4) is 0 Å². The number of rotatable bonds is 6. The molecule has 5 nitrogen and oxygen atoms in total. The van der Waals surface area contributed by atoms with Crippen LogP contribution in [0.1, 0.15) is 61.3 Å². The van der Waals surface area contributed by atoms with Crippen molar-refractivity contribution in [2.24, 2.45) is 10.9 Å². The van der Waals surface area contributed by atoms with Crippen LogP contribution in [0.15, 0.2) is 16.6 Å². The average Bonchev–Trinajstić information content (AvgIpc) is 2.81. The van der Waals surface area contributed by atoms with E-state index >= 15 is 0 Å². The minimum absolute atomic E-state index is 0.134. The number of nitrogens with one attached hydrogen (secondary N) is 1. The first kappa shape index (κ1) is 19.5. The van der Waals surface area contributed by atoms with Crippen molar-refractivity contribution in [1.82, 2.24) is 5.32 Å². The molecule has 0 saturated heterocycles. The number of hydrogen-bond acceptors (Lipinski definition) is 4. The quantitative estimate of drug-likeness (QED) is 0.749. The summed E-state index contributed by atoms with van der Waals surface area (Å²) in [4.78, 5) is 16.7. The van der Waals surface area contributed by atoms with Crippen molar-refractivity contribution >= 4 is 12.0 Å². The highest BCUT2D eigenvalue weighted by Crippen LogP contribution is 2.19. The van der Waals surface area contributed by atoms with Gasteiger partial charge >= 0.3 is 6.09 Å². The van der Waals surface area contributed by atoms with Gasteiger partial charge in [0, 0.05) is 0 Å². The molecule has 1 unspecified atom stereocenters. The van der Waals surface area contributed by atoms with Crippen molar-refractivity contribution in [3.05, 3.63) is 11.6 Å². The van der Waals surface area contributed by atoms with Crippen LogP contribution in [0.25, 0.3) is 0 Å². The Morgan fingerprint density at radius 1 is 1.48 bits per heavy atom. The predicted octanol–water partition coefficient (Wildman–Crippen LogP) is 4.08. The maximum atomic E-state index is 12.0. The Balaban J connectivity index is 2.71. The lowest BCUT2D eigenvalue weighted by molar-refractivity contribution is 0.0502. The summed E-state index contributed by atoms with van der Waals surface area (Å²) in [5.41, 5.74) is 0.807. The molecule has 0 aliphatic carbocycles. The van der Waals surface area contributed by atoms with E-state index in [1.54, 1.807) is 0 Å². The molecule has 1 rings (SSSR count). The number of ether oxygens (including phenoxy) is 2. The Labute approximate surface area is 140 Å². The summed E-state index contributed by atoms with van der Waals surface area (Å²) in [7, 11) is 0. The van der Waals surface area contributed by atoms with E-state index in [1.807, 2.05) is 34.6 Å². The van der Waals surface area contributed by atoms with Gasteiger partial charge in [0.15, 0.2) is 0 Å². The second kappa shape index (κ2) is 8.37. The van der Waals surface area contributed by atoms with Crippen LogP contribution < -0.4 is 5.32 Å². The van der Waals surface area contributed by atoms with Crippen LogP contribution >= 0.6 is 0 Å². The van der Waals surface area contributed by atoms with Gasteiger partial charge in [-0.1, -0.05) is 32.4 Å². The lowest BCUT2D eigenvalue weighted by Crippen LogP contribution is -2.46. The number of carbonyl (C=O) groups excluding carboxylic acids is 1. The van der Waals surface area contributed by atoms with Crippen LogP contribution in [-0.2, 0) is 9.47 Å². The van der Waals surface area contributed by atoms with Gasteiger partial charge in [0.2, 0.25) is 5.90 Å². The van der Waals surface area contributed by atoms with E-state index in [-0.39, 0.29) is 18.0 Å². The molecule has 1 aliphatic heterocycles. The van der Waals surface area contributed by atoms with Crippen molar-refractivity contribution in [3.63, 3.8) is 0 Å². The highest BCUT2D eigenvalue weighted by atomic mass is 16.6. The maximum Gasteiger partial charge on any atom is 0.408 e. The lowest BCUT2D eigenvalue weighted by atomic mass is 10.0. The molecule has 0 aromatic rings. The summed E-state index contributed by atoms with van der Waals surface area (Å²) in [5, 5.41) is 2.88. The zero-order valence-corrected chi connectivity index (χ0v) is 15.6. The summed E-state index contributed by atoms with van der Waals surface area (Å²) < 4.78 is 11.1. The zero-order valence-electron chi connectivity index (χ0n) is 15.6. The number of alkyl carbamates (subject to hydrolysis) is 1. The minimum atomic E-state index is -0.519. The average molecular weight is 324 g/mol. The topological polar surface area (TPSA) is 59.9 Å². The van der Waals surface area contributed by atoms with Crippen LogP contribution in [0, 0.1) is 5.92 Å². The fourth-order valence-corrected chi connectivity index (χ4v) is 2.46. The van der Waals surface area contributed by atoms with Crippen LogP contribution in [0.2, 0.25) is 0 Å². The summed E-state index contributed by atoms with van der Waals surface area (Å²) in [6, 6.07) is -0.125. The zero-order chi connectivity index (χ0) is 17.6. The third-order valence-electron chi connectivity index (χ3n) is 3.45. The smallest absolute Gasteiger partial charge is 0.408 e. The lowest BCUT2D eigenvalue weighted by Gasteiger charge is -2.25. The molecule has 0 fully saturated rings. The van der Waals surface area contributed by atoms with Crippen molar-refractivity contribution in [1.29, 1.82) is 0 Å². The van der Waals surface area contributed by atoms with E-state index in [1.165, 1.54) is 5.57 Å². The fraction of sp³-hybridized carbons (Fsp3) is 0.778. The summed E-state index contributed by atoms with van der Waals surface area (Å²) in [6.07, 6.45) is 3.71. The third kappa shape index (κ3) is 7.06. The first-order chi connectivity index (χ1) is 10.6. The largest absolute Gasteiger partial charge is 0.477 e. The number of aliphatic imine (C=N–C) groups is 1. The number of carbonyl (C=O) groups is 1. The van der Waals surface area contributed by atoms with E-state index in [4.69, 9.17) is 9.47 Å². The normalized spacial score (nSPS) is 20.1. The molecule has 0 aromatic carbocycles. The second-order valence-corrected chi connectivity index (χ2v) is 7.46. The first-order valence-electron chi connectivity index (χ1n) is 8.48. The van der Waals surface area contributed by atoms with E-state index in [0.717, 1.165) is 12.8 Å². The summed E-state index contributed by atoms with van der Waals surface area (Å²) in [5.74, 6) is 0.785. The third-order valence-corrected chi connectivity index (χ3v) is 3.45. The van der Waals surface area contributed by atoms with Crippen LogP contribution in [0.4, 0.5) is 4.79 Å². The van der Waals surface area contributed by atoms with Gasteiger partial charge in [0.05, 0.1) is 6.04 Å². The highest BCUT2D eigenvalue weighted by Gasteiger charge is 2.30. The molecule has 0 saturated carbocycles. The molecule has 23 heavy (non-hydrogen) atoms. The van der Waals surface area contributed by atoms with Crippen LogP contribution in [-0.4, -0.2) is 36.3 Å². The van der Waals surface area contributed by atoms with E-state index < -0.39 is 11.7 Å². The van der Waals surface area contributed by atoms with Crippen molar-refractivity contribution in [2.75, 3.05) is 6.61 Å². The van der Waals surface area contributed by atoms with Gasteiger partial charge in [-0.3, -0.25) is 0 Å². The van der Waals surface area contributed by atoms with Gasteiger partial charge in [-0.25, -0.2) is 9.79 Å². The molecule has 0 radical (unpaired) electrons. The number of amides is 1. The van der Waals surface area contributed by atoms with Gasteiger partial charge in [0.25, 0.3) is 0 Å².